The molecule has 1 aromatic rings. The predicted octanol–water partition coefficient (Wildman–Crippen LogP) is 1.95. The highest BCUT2D eigenvalue weighted by molar-refractivity contribution is 5.95. The lowest BCUT2D eigenvalue weighted by molar-refractivity contribution is 0.0350. The van der Waals surface area contributed by atoms with Crippen LogP contribution in [0.5, 0.6) is 0 Å². The standard InChI is InChI=1S/C16H22N2O/c1-11-9-17(3)10-12(2)18(11)16(19)15-7-5-13-4-6-14(13)8-15/h5,7-8,11-12H,4,6,9-10H2,1-3H3/t11-,12+. The minimum atomic E-state index is 0.197. The number of amides is 1. The van der Waals surface area contributed by atoms with Crippen LogP contribution < -0.4 is 0 Å². The van der Waals surface area contributed by atoms with Crippen molar-refractivity contribution in [1.82, 2.24) is 9.80 Å². The second-order valence-corrected chi connectivity index (χ2v) is 6.12. The van der Waals surface area contributed by atoms with Crippen LogP contribution in [-0.4, -0.2) is 47.9 Å². The summed E-state index contributed by atoms with van der Waals surface area (Å²) in [7, 11) is 2.13. The third-order valence-electron chi connectivity index (χ3n) is 4.45. The van der Waals surface area contributed by atoms with Crippen LogP contribution >= 0.6 is 0 Å². The van der Waals surface area contributed by atoms with Crippen LogP contribution in [0.3, 0.4) is 0 Å². The molecule has 2 aliphatic rings. The number of fused-ring (bicyclic) bond motifs is 1. The smallest absolute Gasteiger partial charge is 0.254 e. The molecule has 3 rings (SSSR count). The molecule has 1 aliphatic carbocycles. The van der Waals surface area contributed by atoms with Crippen molar-refractivity contribution in [2.45, 2.75) is 38.8 Å². The molecule has 1 heterocycles. The minimum Gasteiger partial charge on any atom is -0.331 e. The minimum absolute atomic E-state index is 0.197. The summed E-state index contributed by atoms with van der Waals surface area (Å²) in [4.78, 5) is 17.1. The summed E-state index contributed by atoms with van der Waals surface area (Å²) in [6.45, 7) is 6.21. The highest BCUT2D eigenvalue weighted by Crippen LogP contribution is 2.25. The van der Waals surface area contributed by atoms with Gasteiger partial charge >= 0.3 is 0 Å². The predicted molar refractivity (Wildman–Crippen MR) is 76.4 cm³/mol. The maximum Gasteiger partial charge on any atom is 0.254 e. The highest BCUT2D eigenvalue weighted by atomic mass is 16.2. The number of aryl methyl sites for hydroxylation is 2. The van der Waals surface area contributed by atoms with E-state index in [0.29, 0.717) is 0 Å². The first-order valence-electron chi connectivity index (χ1n) is 7.19. The average Bonchev–Trinajstić information content (AvgIpc) is 2.29. The number of rotatable bonds is 1. The Morgan fingerprint density at radius 2 is 1.74 bits per heavy atom. The molecule has 0 bridgehead atoms. The van der Waals surface area contributed by atoms with E-state index < -0.39 is 0 Å². The third-order valence-corrected chi connectivity index (χ3v) is 4.45. The van der Waals surface area contributed by atoms with Gasteiger partial charge in [0.15, 0.2) is 0 Å². The zero-order valence-corrected chi connectivity index (χ0v) is 12.0. The summed E-state index contributed by atoms with van der Waals surface area (Å²) in [5, 5.41) is 0. The quantitative estimate of drug-likeness (QED) is 0.768. The molecule has 0 radical (unpaired) electrons. The largest absolute Gasteiger partial charge is 0.331 e. The Morgan fingerprint density at radius 1 is 1.11 bits per heavy atom. The zero-order valence-electron chi connectivity index (χ0n) is 12.0. The molecule has 2 atom stereocenters. The van der Waals surface area contributed by atoms with Gasteiger partial charge in [0.2, 0.25) is 0 Å². The monoisotopic (exact) mass is 258 g/mol. The molecule has 0 N–H and O–H groups in total. The molecule has 0 spiro atoms. The number of carbonyl (C=O) groups is 1. The van der Waals surface area contributed by atoms with Crippen molar-refractivity contribution in [3.8, 4) is 0 Å². The summed E-state index contributed by atoms with van der Waals surface area (Å²) in [5.41, 5.74) is 3.64. The Balaban J connectivity index is 1.84. The normalized spacial score (nSPS) is 26.8. The van der Waals surface area contributed by atoms with Gasteiger partial charge in [0, 0.05) is 30.7 Å². The van der Waals surface area contributed by atoms with Crippen LogP contribution in [0.2, 0.25) is 0 Å². The molecule has 0 aromatic heterocycles. The Morgan fingerprint density at radius 3 is 2.26 bits per heavy atom. The highest BCUT2D eigenvalue weighted by Gasteiger charge is 2.32. The van der Waals surface area contributed by atoms with Gasteiger partial charge in [0.1, 0.15) is 0 Å². The zero-order chi connectivity index (χ0) is 13.6. The van der Waals surface area contributed by atoms with Crippen molar-refractivity contribution < 1.29 is 4.79 Å². The molecular weight excluding hydrogens is 236 g/mol. The first kappa shape index (κ1) is 12.7. The van der Waals surface area contributed by atoms with Gasteiger partial charge < -0.3 is 9.80 Å². The molecule has 1 aromatic carbocycles. The van der Waals surface area contributed by atoms with Crippen molar-refractivity contribution in [2.75, 3.05) is 20.1 Å². The lowest BCUT2D eigenvalue weighted by Crippen LogP contribution is -2.57. The lowest BCUT2D eigenvalue weighted by atomic mass is 9.87. The number of carbonyl (C=O) groups excluding carboxylic acids is 1. The van der Waals surface area contributed by atoms with Crippen LogP contribution in [0.15, 0.2) is 18.2 Å². The fraction of sp³-hybridized carbons (Fsp3) is 0.562. The number of likely N-dealkylation sites (N-methyl/N-ethyl adjacent to an activating group) is 1. The van der Waals surface area contributed by atoms with Crippen molar-refractivity contribution >= 4 is 5.91 Å². The fourth-order valence-corrected chi connectivity index (χ4v) is 3.46. The molecule has 19 heavy (non-hydrogen) atoms. The molecule has 0 saturated carbocycles. The molecule has 1 aliphatic heterocycles. The molecule has 102 valence electrons. The Kier molecular flexibility index (Phi) is 3.09. The number of hydrogen-bond donors (Lipinski definition) is 0. The van der Waals surface area contributed by atoms with Gasteiger partial charge in [-0.15, -0.1) is 0 Å². The van der Waals surface area contributed by atoms with Gasteiger partial charge in [-0.05, 0) is 57.0 Å². The number of hydrogen-bond acceptors (Lipinski definition) is 2. The summed E-state index contributed by atoms with van der Waals surface area (Å²) >= 11 is 0. The van der Waals surface area contributed by atoms with E-state index in [1.165, 1.54) is 17.5 Å². The summed E-state index contributed by atoms with van der Waals surface area (Å²) in [5.74, 6) is 0.197. The van der Waals surface area contributed by atoms with Crippen LogP contribution in [0.25, 0.3) is 0 Å². The van der Waals surface area contributed by atoms with Crippen molar-refractivity contribution in [3.05, 3.63) is 34.9 Å². The molecule has 3 nitrogen and oxygen atoms in total. The van der Waals surface area contributed by atoms with Crippen LogP contribution in [0.4, 0.5) is 0 Å². The van der Waals surface area contributed by atoms with E-state index in [4.69, 9.17) is 0 Å². The molecule has 3 heteroatoms. The van der Waals surface area contributed by atoms with Gasteiger partial charge in [-0.1, -0.05) is 6.07 Å². The summed E-state index contributed by atoms with van der Waals surface area (Å²) in [6.07, 6.45) is 2.30. The van der Waals surface area contributed by atoms with E-state index in [2.05, 4.69) is 42.8 Å². The number of nitrogens with zero attached hydrogens (tertiary/aromatic N) is 2. The molecule has 0 unspecified atom stereocenters. The van der Waals surface area contributed by atoms with E-state index in [-0.39, 0.29) is 18.0 Å². The topological polar surface area (TPSA) is 23.6 Å². The van der Waals surface area contributed by atoms with E-state index in [1.807, 2.05) is 6.07 Å². The van der Waals surface area contributed by atoms with E-state index in [1.54, 1.807) is 0 Å². The fourth-order valence-electron chi connectivity index (χ4n) is 3.46. The molecule has 1 saturated heterocycles. The van der Waals surface area contributed by atoms with E-state index >= 15 is 0 Å². The lowest BCUT2D eigenvalue weighted by Gasteiger charge is -2.43. The summed E-state index contributed by atoms with van der Waals surface area (Å²) < 4.78 is 0. The van der Waals surface area contributed by atoms with Gasteiger partial charge in [0.05, 0.1) is 0 Å². The number of piperazine rings is 1. The average molecular weight is 258 g/mol. The molecule has 1 amide bonds. The van der Waals surface area contributed by atoms with Gasteiger partial charge in [-0.3, -0.25) is 4.79 Å². The molecular formula is C16H22N2O. The van der Waals surface area contributed by atoms with E-state index in [9.17, 15) is 4.79 Å². The van der Waals surface area contributed by atoms with Crippen molar-refractivity contribution in [2.24, 2.45) is 0 Å². The number of benzene rings is 1. The first-order valence-corrected chi connectivity index (χ1v) is 7.19. The second-order valence-electron chi connectivity index (χ2n) is 6.12. The Labute approximate surface area is 115 Å². The maximum atomic E-state index is 12.7. The first-order chi connectivity index (χ1) is 9.06. The van der Waals surface area contributed by atoms with Crippen molar-refractivity contribution in [1.29, 1.82) is 0 Å². The SMILES string of the molecule is C[C@@H]1CN(C)C[C@H](C)N1C(=O)c1ccc2c(c1)CC2. The Hall–Kier alpha value is -1.35. The van der Waals surface area contributed by atoms with Gasteiger partial charge in [-0.25, -0.2) is 0 Å². The third kappa shape index (κ3) is 2.16. The van der Waals surface area contributed by atoms with Gasteiger partial charge in [-0.2, -0.15) is 0 Å². The maximum absolute atomic E-state index is 12.7. The van der Waals surface area contributed by atoms with Crippen LogP contribution in [-0.2, 0) is 12.8 Å². The van der Waals surface area contributed by atoms with Crippen LogP contribution in [0, 0.1) is 0 Å². The second kappa shape index (κ2) is 4.64. The summed E-state index contributed by atoms with van der Waals surface area (Å²) in [6, 6.07) is 6.79. The van der Waals surface area contributed by atoms with Gasteiger partial charge in [0.25, 0.3) is 5.91 Å². The van der Waals surface area contributed by atoms with Crippen molar-refractivity contribution in [3.63, 3.8) is 0 Å². The van der Waals surface area contributed by atoms with E-state index in [0.717, 1.165) is 25.1 Å². The van der Waals surface area contributed by atoms with Crippen LogP contribution in [0.1, 0.15) is 35.3 Å². The molecule has 1 fully saturated rings. The Bertz CT molecular complexity index is 499.